The van der Waals surface area contributed by atoms with Gasteiger partial charge in [0.15, 0.2) is 0 Å². The third kappa shape index (κ3) is 2.93. The monoisotopic (exact) mass is 223 g/mol. The molecule has 1 unspecified atom stereocenters. The van der Waals surface area contributed by atoms with Gasteiger partial charge < -0.3 is 10.5 Å². The molecule has 4 heteroatoms. The van der Waals surface area contributed by atoms with Gasteiger partial charge in [0, 0.05) is 19.3 Å². The average Bonchev–Trinajstić information content (AvgIpc) is 2.35. The van der Waals surface area contributed by atoms with Gasteiger partial charge in [-0.1, -0.05) is 6.92 Å². The van der Waals surface area contributed by atoms with E-state index in [1.807, 2.05) is 12.1 Å². The maximum absolute atomic E-state index is 5.60. The first kappa shape index (κ1) is 12.9. The summed E-state index contributed by atoms with van der Waals surface area (Å²) >= 11 is 0. The lowest BCUT2D eigenvalue weighted by Gasteiger charge is -2.27. The van der Waals surface area contributed by atoms with E-state index in [-0.39, 0.29) is 6.04 Å². The molecule has 1 aromatic heterocycles. The van der Waals surface area contributed by atoms with Gasteiger partial charge in [0.1, 0.15) is 5.75 Å². The van der Waals surface area contributed by atoms with Crippen LogP contribution in [0.1, 0.15) is 25.6 Å². The van der Waals surface area contributed by atoms with E-state index >= 15 is 0 Å². The van der Waals surface area contributed by atoms with Gasteiger partial charge in [-0.05, 0) is 25.6 Å². The Hall–Kier alpha value is -1.13. The molecule has 0 aromatic carbocycles. The van der Waals surface area contributed by atoms with E-state index in [1.54, 1.807) is 13.3 Å². The molecule has 0 bridgehead atoms. The zero-order valence-corrected chi connectivity index (χ0v) is 10.3. The van der Waals surface area contributed by atoms with Gasteiger partial charge in [0.05, 0.1) is 18.8 Å². The molecule has 0 amide bonds. The summed E-state index contributed by atoms with van der Waals surface area (Å²) in [6.07, 6.45) is 1.80. The van der Waals surface area contributed by atoms with Crippen molar-refractivity contribution in [3.63, 3.8) is 0 Å². The third-order valence-corrected chi connectivity index (χ3v) is 2.79. The van der Waals surface area contributed by atoms with E-state index < -0.39 is 0 Å². The van der Waals surface area contributed by atoms with Crippen LogP contribution in [0, 0.1) is 0 Å². The third-order valence-electron chi connectivity index (χ3n) is 2.79. The largest absolute Gasteiger partial charge is 0.495 e. The highest BCUT2D eigenvalue weighted by atomic mass is 16.5. The molecule has 1 rings (SSSR count). The summed E-state index contributed by atoms with van der Waals surface area (Å²) in [7, 11) is 1.67. The number of hydrogen-bond donors (Lipinski definition) is 1. The van der Waals surface area contributed by atoms with Crippen LogP contribution < -0.4 is 10.5 Å². The molecule has 1 atom stereocenters. The van der Waals surface area contributed by atoms with Crippen molar-refractivity contribution in [1.82, 2.24) is 9.88 Å². The first-order valence-corrected chi connectivity index (χ1v) is 5.67. The molecule has 1 aromatic rings. The standard InChI is InChI=1S/C12H21N3O/c1-4-15(9-7-13)10(2)12-11(16-3)6-5-8-14-12/h5-6,8,10H,4,7,9,13H2,1-3H3. The minimum atomic E-state index is 0.227. The fourth-order valence-corrected chi connectivity index (χ4v) is 1.85. The summed E-state index contributed by atoms with van der Waals surface area (Å²) in [5, 5.41) is 0. The van der Waals surface area contributed by atoms with Crippen molar-refractivity contribution in [3.8, 4) is 5.75 Å². The predicted molar refractivity (Wildman–Crippen MR) is 65.5 cm³/mol. The van der Waals surface area contributed by atoms with Crippen LogP contribution in [0.4, 0.5) is 0 Å². The van der Waals surface area contributed by atoms with Gasteiger partial charge in [-0.15, -0.1) is 0 Å². The first-order valence-electron chi connectivity index (χ1n) is 5.67. The summed E-state index contributed by atoms with van der Waals surface area (Å²) in [4.78, 5) is 6.68. The van der Waals surface area contributed by atoms with Gasteiger partial charge in [-0.3, -0.25) is 9.88 Å². The second-order valence-electron chi connectivity index (χ2n) is 3.68. The van der Waals surface area contributed by atoms with Crippen LogP contribution in [-0.2, 0) is 0 Å². The van der Waals surface area contributed by atoms with Crippen LogP contribution in [-0.4, -0.2) is 36.6 Å². The lowest BCUT2D eigenvalue weighted by Crippen LogP contribution is -2.32. The fourth-order valence-electron chi connectivity index (χ4n) is 1.85. The Kier molecular flexibility index (Phi) is 5.22. The maximum Gasteiger partial charge on any atom is 0.141 e. The van der Waals surface area contributed by atoms with Crippen molar-refractivity contribution in [1.29, 1.82) is 0 Å². The number of hydrogen-bond acceptors (Lipinski definition) is 4. The van der Waals surface area contributed by atoms with Crippen LogP contribution in [0.2, 0.25) is 0 Å². The molecule has 0 spiro atoms. The summed E-state index contributed by atoms with van der Waals surface area (Å²) in [5.41, 5.74) is 6.57. The smallest absolute Gasteiger partial charge is 0.141 e. The van der Waals surface area contributed by atoms with Crippen LogP contribution in [0.15, 0.2) is 18.3 Å². The Bertz CT molecular complexity index is 317. The summed E-state index contributed by atoms with van der Waals surface area (Å²) in [6, 6.07) is 4.05. The van der Waals surface area contributed by atoms with Gasteiger partial charge in [-0.2, -0.15) is 0 Å². The SMILES string of the molecule is CCN(CCN)C(C)c1ncccc1OC. The molecule has 0 aliphatic rings. The number of pyridine rings is 1. The average molecular weight is 223 g/mol. The molecule has 0 aliphatic heterocycles. The Balaban J connectivity index is 2.88. The van der Waals surface area contributed by atoms with Crippen LogP contribution in [0.3, 0.4) is 0 Å². The molecule has 0 saturated carbocycles. The number of ether oxygens (including phenoxy) is 1. The summed E-state index contributed by atoms with van der Waals surface area (Å²) < 4.78 is 5.32. The highest BCUT2D eigenvalue weighted by Crippen LogP contribution is 2.26. The van der Waals surface area contributed by atoms with Crippen molar-refractivity contribution in [2.75, 3.05) is 26.7 Å². The van der Waals surface area contributed by atoms with Crippen molar-refractivity contribution < 1.29 is 4.74 Å². The molecule has 16 heavy (non-hydrogen) atoms. The van der Waals surface area contributed by atoms with Crippen LogP contribution in [0.25, 0.3) is 0 Å². The van der Waals surface area contributed by atoms with E-state index in [0.717, 1.165) is 24.5 Å². The van der Waals surface area contributed by atoms with E-state index in [1.165, 1.54) is 0 Å². The minimum absolute atomic E-state index is 0.227. The molecule has 1 heterocycles. The van der Waals surface area contributed by atoms with Crippen LogP contribution >= 0.6 is 0 Å². The molecular weight excluding hydrogens is 202 g/mol. The van der Waals surface area contributed by atoms with Crippen molar-refractivity contribution in [2.45, 2.75) is 19.9 Å². The topological polar surface area (TPSA) is 51.4 Å². The normalized spacial score (nSPS) is 12.8. The van der Waals surface area contributed by atoms with E-state index in [0.29, 0.717) is 6.54 Å². The highest BCUT2D eigenvalue weighted by molar-refractivity contribution is 5.29. The lowest BCUT2D eigenvalue weighted by molar-refractivity contribution is 0.219. The number of nitrogens with two attached hydrogens (primary N) is 1. The van der Waals surface area contributed by atoms with Crippen molar-refractivity contribution in [3.05, 3.63) is 24.0 Å². The second-order valence-corrected chi connectivity index (χ2v) is 3.68. The zero-order chi connectivity index (χ0) is 12.0. The highest BCUT2D eigenvalue weighted by Gasteiger charge is 2.18. The van der Waals surface area contributed by atoms with Gasteiger partial charge in [-0.25, -0.2) is 0 Å². The zero-order valence-electron chi connectivity index (χ0n) is 10.3. The van der Waals surface area contributed by atoms with E-state index in [2.05, 4.69) is 23.7 Å². The first-order chi connectivity index (χ1) is 7.74. The van der Waals surface area contributed by atoms with Crippen molar-refractivity contribution in [2.24, 2.45) is 5.73 Å². The molecule has 4 nitrogen and oxygen atoms in total. The quantitative estimate of drug-likeness (QED) is 0.792. The second kappa shape index (κ2) is 6.45. The van der Waals surface area contributed by atoms with Gasteiger partial charge in [0.25, 0.3) is 0 Å². The van der Waals surface area contributed by atoms with Gasteiger partial charge >= 0.3 is 0 Å². The molecule has 0 aliphatic carbocycles. The molecular formula is C12H21N3O. The summed E-state index contributed by atoms with van der Waals surface area (Å²) in [5.74, 6) is 0.838. The number of rotatable bonds is 6. The lowest BCUT2D eigenvalue weighted by atomic mass is 10.1. The van der Waals surface area contributed by atoms with Gasteiger partial charge in [0.2, 0.25) is 0 Å². The maximum atomic E-state index is 5.60. The number of aromatic nitrogens is 1. The molecule has 2 N–H and O–H groups in total. The number of nitrogens with zero attached hydrogens (tertiary/aromatic N) is 2. The number of methoxy groups -OCH3 is 1. The Morgan fingerprint density at radius 1 is 1.56 bits per heavy atom. The number of likely N-dealkylation sites (N-methyl/N-ethyl adjacent to an activating group) is 1. The predicted octanol–water partition coefficient (Wildman–Crippen LogP) is 1.43. The fraction of sp³-hybridized carbons (Fsp3) is 0.583. The summed E-state index contributed by atoms with van der Waals surface area (Å²) in [6.45, 7) is 6.74. The molecule has 90 valence electrons. The van der Waals surface area contributed by atoms with Crippen LogP contribution in [0.5, 0.6) is 5.75 Å². The Morgan fingerprint density at radius 2 is 2.31 bits per heavy atom. The Morgan fingerprint density at radius 3 is 2.88 bits per heavy atom. The van der Waals surface area contributed by atoms with E-state index in [4.69, 9.17) is 10.5 Å². The Labute approximate surface area is 97.4 Å². The minimum Gasteiger partial charge on any atom is -0.495 e. The van der Waals surface area contributed by atoms with E-state index in [9.17, 15) is 0 Å². The molecule has 0 saturated heterocycles. The molecule has 0 fully saturated rings. The van der Waals surface area contributed by atoms with Crippen molar-refractivity contribution >= 4 is 0 Å². The molecule has 0 radical (unpaired) electrons.